The maximum absolute atomic E-state index is 12.4. The van der Waals surface area contributed by atoms with Crippen molar-refractivity contribution in [2.45, 2.75) is 155 Å². The number of esters is 1. The van der Waals surface area contributed by atoms with E-state index in [2.05, 4.69) is 73.8 Å². The molecule has 0 aromatic carbocycles. The second-order valence-corrected chi connectivity index (χ2v) is 22.9. The minimum Gasteiger partial charge on any atom is -0.460 e. The lowest BCUT2D eigenvalue weighted by molar-refractivity contribution is -0.152. The summed E-state index contributed by atoms with van der Waals surface area (Å²) in [5.41, 5.74) is 0.928. The standard InChI is InChI=1S/C28H54O5Si2/c1-21(22(2)32-34(9,10)27(3,4)5)31-26(30)18-16-14-13-15-17-23-19-24(20-25(23)29)33-35(11,12)28(6,7)8/h19,21-22,24H,13-18,20H2,1-12H3/t21?,22?,24-/m0/s1. The number of Topliss-reactive ketones (excluding diaryl/α,β-unsaturated/α-hetero) is 1. The van der Waals surface area contributed by atoms with Gasteiger partial charge in [0.2, 0.25) is 0 Å². The predicted molar refractivity (Wildman–Crippen MR) is 151 cm³/mol. The number of hydrogen-bond acceptors (Lipinski definition) is 5. The first-order valence-electron chi connectivity index (χ1n) is 13.6. The van der Waals surface area contributed by atoms with Crippen molar-refractivity contribution < 1.29 is 23.2 Å². The van der Waals surface area contributed by atoms with Crippen LogP contribution in [0, 0.1) is 0 Å². The quantitative estimate of drug-likeness (QED) is 0.138. The van der Waals surface area contributed by atoms with Crippen LogP contribution in [0.15, 0.2) is 11.6 Å². The Morgan fingerprint density at radius 3 is 2.00 bits per heavy atom. The Morgan fingerprint density at radius 1 is 0.914 bits per heavy atom. The van der Waals surface area contributed by atoms with Crippen molar-refractivity contribution in [2.24, 2.45) is 0 Å². The summed E-state index contributed by atoms with van der Waals surface area (Å²) < 4.78 is 18.4. The summed E-state index contributed by atoms with van der Waals surface area (Å²) in [7, 11) is -3.76. The molecule has 1 rings (SSSR count). The van der Waals surface area contributed by atoms with Gasteiger partial charge in [0.05, 0.1) is 12.2 Å². The second kappa shape index (κ2) is 12.7. The average Bonchev–Trinajstić information content (AvgIpc) is 3.00. The van der Waals surface area contributed by atoms with Gasteiger partial charge in [0.1, 0.15) is 6.10 Å². The van der Waals surface area contributed by atoms with Crippen LogP contribution in [0.4, 0.5) is 0 Å². The van der Waals surface area contributed by atoms with Crippen LogP contribution < -0.4 is 0 Å². The summed E-state index contributed by atoms with van der Waals surface area (Å²) in [6, 6.07) is 0. The predicted octanol–water partition coefficient (Wildman–Crippen LogP) is 7.96. The minimum absolute atomic E-state index is 0.0573. The molecule has 35 heavy (non-hydrogen) atoms. The average molecular weight is 527 g/mol. The highest BCUT2D eigenvalue weighted by molar-refractivity contribution is 6.74. The van der Waals surface area contributed by atoms with Crippen molar-refractivity contribution in [3.8, 4) is 0 Å². The first kappa shape index (κ1) is 32.3. The van der Waals surface area contributed by atoms with Crippen molar-refractivity contribution >= 4 is 28.4 Å². The minimum atomic E-state index is -1.89. The molecule has 0 radical (unpaired) electrons. The highest BCUT2D eigenvalue weighted by Gasteiger charge is 2.41. The fourth-order valence-corrected chi connectivity index (χ4v) is 6.32. The third-order valence-corrected chi connectivity index (χ3v) is 17.3. The van der Waals surface area contributed by atoms with Crippen molar-refractivity contribution in [1.82, 2.24) is 0 Å². The highest BCUT2D eigenvalue weighted by atomic mass is 28.4. The van der Waals surface area contributed by atoms with Crippen LogP contribution in [-0.4, -0.2) is 46.7 Å². The number of carbonyl (C=O) groups is 2. The van der Waals surface area contributed by atoms with Gasteiger partial charge in [-0.15, -0.1) is 0 Å². The molecule has 3 atom stereocenters. The second-order valence-electron chi connectivity index (χ2n) is 13.4. The molecule has 0 bridgehead atoms. The lowest BCUT2D eigenvalue weighted by Crippen LogP contribution is -2.46. The topological polar surface area (TPSA) is 61.8 Å². The van der Waals surface area contributed by atoms with E-state index < -0.39 is 16.6 Å². The summed E-state index contributed by atoms with van der Waals surface area (Å²) in [5.74, 6) is 0.0859. The molecule has 2 unspecified atom stereocenters. The van der Waals surface area contributed by atoms with Crippen LogP contribution in [0.5, 0.6) is 0 Å². The lowest BCUT2D eigenvalue weighted by Gasteiger charge is -2.39. The Kier molecular flexibility index (Phi) is 11.7. The Labute approximate surface area is 218 Å². The van der Waals surface area contributed by atoms with Crippen molar-refractivity contribution in [3.63, 3.8) is 0 Å². The van der Waals surface area contributed by atoms with Crippen LogP contribution in [0.3, 0.4) is 0 Å². The number of ether oxygens (including phenoxy) is 1. The van der Waals surface area contributed by atoms with Gasteiger partial charge < -0.3 is 13.6 Å². The summed E-state index contributed by atoms with van der Waals surface area (Å²) in [6.07, 6.45) is 7.12. The molecular formula is C28H54O5Si2. The molecule has 0 aromatic rings. The zero-order valence-electron chi connectivity index (χ0n) is 24.8. The molecule has 0 saturated heterocycles. The van der Waals surface area contributed by atoms with Crippen LogP contribution in [0.25, 0.3) is 0 Å². The van der Waals surface area contributed by atoms with Crippen LogP contribution >= 0.6 is 0 Å². The van der Waals surface area contributed by atoms with E-state index in [0.29, 0.717) is 12.8 Å². The van der Waals surface area contributed by atoms with Gasteiger partial charge >= 0.3 is 5.97 Å². The van der Waals surface area contributed by atoms with Gasteiger partial charge in [-0.3, -0.25) is 9.59 Å². The largest absolute Gasteiger partial charge is 0.460 e. The molecule has 0 saturated carbocycles. The molecule has 0 N–H and O–H groups in total. The Balaban J connectivity index is 2.31. The van der Waals surface area contributed by atoms with Gasteiger partial charge in [-0.2, -0.15) is 0 Å². The van der Waals surface area contributed by atoms with Crippen molar-refractivity contribution in [1.29, 1.82) is 0 Å². The van der Waals surface area contributed by atoms with Gasteiger partial charge in [0, 0.05) is 12.8 Å². The summed E-state index contributed by atoms with van der Waals surface area (Å²) >= 11 is 0. The number of hydrogen-bond donors (Lipinski definition) is 0. The van der Waals surface area contributed by atoms with Gasteiger partial charge in [-0.25, -0.2) is 0 Å². The smallest absolute Gasteiger partial charge is 0.306 e. The van der Waals surface area contributed by atoms with E-state index in [0.717, 1.165) is 37.7 Å². The molecule has 1 aliphatic rings. The third-order valence-electron chi connectivity index (χ3n) is 8.23. The Bertz CT molecular complexity index is 743. The maximum atomic E-state index is 12.4. The molecule has 1 aliphatic carbocycles. The monoisotopic (exact) mass is 526 g/mol. The molecule has 0 heterocycles. The van der Waals surface area contributed by atoms with E-state index in [4.69, 9.17) is 13.6 Å². The van der Waals surface area contributed by atoms with Crippen LogP contribution in [-0.2, 0) is 23.2 Å². The third kappa shape index (κ3) is 10.3. The maximum Gasteiger partial charge on any atom is 0.306 e. The van der Waals surface area contributed by atoms with Crippen LogP contribution in [0.2, 0.25) is 36.3 Å². The highest BCUT2D eigenvalue weighted by Crippen LogP contribution is 2.39. The van der Waals surface area contributed by atoms with E-state index in [1.807, 2.05) is 13.8 Å². The van der Waals surface area contributed by atoms with Gasteiger partial charge in [0.25, 0.3) is 0 Å². The number of unbranched alkanes of at least 4 members (excludes halogenated alkanes) is 3. The molecule has 5 nitrogen and oxygen atoms in total. The number of rotatable bonds is 13. The molecular weight excluding hydrogens is 472 g/mol. The van der Waals surface area contributed by atoms with E-state index >= 15 is 0 Å². The molecule has 0 spiro atoms. The zero-order valence-corrected chi connectivity index (χ0v) is 26.8. The molecule has 0 fully saturated rings. The van der Waals surface area contributed by atoms with Gasteiger partial charge in [0.15, 0.2) is 22.4 Å². The summed E-state index contributed by atoms with van der Waals surface area (Å²) in [5, 5.41) is 0.268. The fourth-order valence-electron chi connectivity index (χ4n) is 3.58. The zero-order chi connectivity index (χ0) is 27.2. The Morgan fingerprint density at radius 2 is 1.46 bits per heavy atom. The number of allylic oxidation sites excluding steroid dienone is 1. The van der Waals surface area contributed by atoms with E-state index in [1.165, 1.54) is 0 Å². The van der Waals surface area contributed by atoms with Crippen LogP contribution in [0.1, 0.15) is 100 Å². The number of carbonyl (C=O) groups excluding carboxylic acids is 2. The summed E-state index contributed by atoms with van der Waals surface area (Å²) in [6.45, 7) is 26.1. The Hall–Kier alpha value is -0.766. The number of ketones is 1. The van der Waals surface area contributed by atoms with E-state index in [1.54, 1.807) is 0 Å². The molecule has 0 amide bonds. The first-order valence-corrected chi connectivity index (χ1v) is 19.4. The molecule has 204 valence electrons. The van der Waals surface area contributed by atoms with Gasteiger partial charge in [-0.05, 0) is 81.0 Å². The van der Waals surface area contributed by atoms with Crippen molar-refractivity contribution in [3.05, 3.63) is 11.6 Å². The SMILES string of the molecule is CC(OC(=O)CCCCCCC1=C[C@H](O[Si](C)(C)C(C)(C)C)CC1=O)C(C)O[Si](C)(C)C(C)(C)C. The fraction of sp³-hybridized carbons (Fsp3) is 0.857. The van der Waals surface area contributed by atoms with E-state index in [-0.39, 0.29) is 40.1 Å². The molecule has 0 aromatic heterocycles. The normalized spacial score (nSPS) is 19.5. The van der Waals surface area contributed by atoms with E-state index in [9.17, 15) is 9.59 Å². The first-order chi connectivity index (χ1) is 15.8. The lowest BCUT2D eigenvalue weighted by atomic mass is 10.0. The molecule has 0 aliphatic heterocycles. The summed E-state index contributed by atoms with van der Waals surface area (Å²) in [4.78, 5) is 24.7. The van der Waals surface area contributed by atoms with Gasteiger partial charge in [-0.1, -0.05) is 54.4 Å². The molecule has 7 heteroatoms. The van der Waals surface area contributed by atoms with Crippen molar-refractivity contribution in [2.75, 3.05) is 0 Å².